The average molecular weight is 390 g/mol. The van der Waals surface area contributed by atoms with Gasteiger partial charge in [0.25, 0.3) is 0 Å². The van der Waals surface area contributed by atoms with Crippen molar-refractivity contribution in [1.82, 2.24) is 15.3 Å². The molecule has 0 aliphatic carbocycles. The predicted molar refractivity (Wildman–Crippen MR) is 87.5 cm³/mol. The topological polar surface area (TPSA) is 40.7 Å². The number of halogens is 2. The van der Waals surface area contributed by atoms with Gasteiger partial charge in [0.2, 0.25) is 0 Å². The summed E-state index contributed by atoms with van der Waals surface area (Å²) in [5.41, 5.74) is 1.23. The van der Waals surface area contributed by atoms with E-state index in [1.807, 2.05) is 18.3 Å². The molecule has 0 amide bonds. The number of hydrogen-bond acceptors (Lipinski definition) is 2. The van der Waals surface area contributed by atoms with Gasteiger partial charge in [0.15, 0.2) is 0 Å². The van der Waals surface area contributed by atoms with Crippen LogP contribution in [0.3, 0.4) is 0 Å². The van der Waals surface area contributed by atoms with Gasteiger partial charge in [-0.2, -0.15) is 0 Å². The van der Waals surface area contributed by atoms with Gasteiger partial charge < -0.3 is 10.3 Å². The lowest BCUT2D eigenvalue weighted by Crippen LogP contribution is -2.25. The molecule has 0 fully saturated rings. The average Bonchev–Trinajstić information content (AvgIpc) is 2.90. The van der Waals surface area contributed by atoms with E-state index in [-0.39, 0.29) is 6.04 Å². The lowest BCUT2D eigenvalue weighted by Gasteiger charge is -2.19. The van der Waals surface area contributed by atoms with E-state index in [1.165, 1.54) is 9.13 Å². The highest BCUT2D eigenvalue weighted by molar-refractivity contribution is 14.1. The summed E-state index contributed by atoms with van der Waals surface area (Å²) in [4.78, 5) is 7.47. The lowest BCUT2D eigenvalue weighted by atomic mass is 10.0. The number of hydrogen-bond donors (Lipinski definition) is 2. The molecule has 0 aliphatic heterocycles. The van der Waals surface area contributed by atoms with E-state index in [9.17, 15) is 0 Å². The predicted octanol–water partition coefficient (Wildman–Crippen LogP) is 3.95. The molecule has 0 aliphatic rings. The molecule has 1 unspecified atom stereocenters. The molecule has 5 heteroatoms. The molecule has 2 rings (SSSR count). The Balaban J connectivity index is 2.23. The molecule has 0 saturated heterocycles. The van der Waals surface area contributed by atoms with Crippen LogP contribution >= 0.6 is 34.2 Å². The number of benzene rings is 1. The number of imidazole rings is 1. The molecule has 0 saturated carbocycles. The van der Waals surface area contributed by atoms with Crippen LogP contribution in [0.1, 0.15) is 30.8 Å². The second-order valence-electron chi connectivity index (χ2n) is 4.41. The zero-order chi connectivity index (χ0) is 13.7. The van der Waals surface area contributed by atoms with E-state index in [4.69, 9.17) is 11.6 Å². The van der Waals surface area contributed by atoms with Gasteiger partial charge in [-0.3, -0.25) is 0 Å². The van der Waals surface area contributed by atoms with Gasteiger partial charge in [-0.05, 0) is 59.3 Å². The van der Waals surface area contributed by atoms with Gasteiger partial charge in [-0.15, -0.1) is 0 Å². The molecule has 0 radical (unpaired) electrons. The Kier molecular flexibility index (Phi) is 5.66. The monoisotopic (exact) mass is 389 g/mol. The maximum Gasteiger partial charge on any atom is 0.107 e. The number of H-pyrrole nitrogens is 1. The first kappa shape index (κ1) is 14.8. The van der Waals surface area contributed by atoms with Gasteiger partial charge in [-0.25, -0.2) is 4.98 Å². The summed E-state index contributed by atoms with van der Waals surface area (Å²) in [5.74, 6) is 0.990. The molecule has 1 aromatic carbocycles. The molecule has 102 valence electrons. The molecule has 19 heavy (non-hydrogen) atoms. The van der Waals surface area contributed by atoms with Crippen LogP contribution in [0.15, 0.2) is 30.6 Å². The van der Waals surface area contributed by atoms with Crippen LogP contribution in [0.2, 0.25) is 5.02 Å². The third-order valence-corrected chi connectivity index (χ3v) is 4.14. The molecular weight excluding hydrogens is 373 g/mol. The largest absolute Gasteiger partial charge is 0.349 e. The fourth-order valence-electron chi connectivity index (χ4n) is 2.00. The Morgan fingerprint density at radius 1 is 1.47 bits per heavy atom. The van der Waals surface area contributed by atoms with E-state index >= 15 is 0 Å². The van der Waals surface area contributed by atoms with Crippen LogP contribution in [0.4, 0.5) is 0 Å². The zero-order valence-electron chi connectivity index (χ0n) is 10.8. The fourth-order valence-corrected chi connectivity index (χ4v) is 2.89. The van der Waals surface area contributed by atoms with Crippen molar-refractivity contribution in [3.63, 3.8) is 0 Å². The minimum absolute atomic E-state index is 0.233. The quantitative estimate of drug-likeness (QED) is 0.735. The van der Waals surface area contributed by atoms with Crippen molar-refractivity contribution in [2.75, 3.05) is 6.54 Å². The Bertz CT molecular complexity index is 513. The summed E-state index contributed by atoms with van der Waals surface area (Å²) in [6.45, 7) is 3.15. The van der Waals surface area contributed by atoms with Gasteiger partial charge in [-0.1, -0.05) is 18.5 Å². The van der Waals surface area contributed by atoms with Crippen LogP contribution in [0.25, 0.3) is 0 Å². The van der Waals surface area contributed by atoms with Gasteiger partial charge >= 0.3 is 0 Å². The lowest BCUT2D eigenvalue weighted by molar-refractivity contribution is 0.518. The van der Waals surface area contributed by atoms with Gasteiger partial charge in [0, 0.05) is 33.4 Å². The van der Waals surface area contributed by atoms with Crippen molar-refractivity contribution < 1.29 is 0 Å². The third-order valence-electron chi connectivity index (χ3n) is 2.93. The van der Waals surface area contributed by atoms with E-state index in [0.717, 1.165) is 30.2 Å². The molecule has 0 spiro atoms. The van der Waals surface area contributed by atoms with Crippen molar-refractivity contribution in [3.05, 3.63) is 50.6 Å². The second-order valence-corrected chi connectivity index (χ2v) is 6.01. The summed E-state index contributed by atoms with van der Waals surface area (Å²) < 4.78 is 1.22. The van der Waals surface area contributed by atoms with E-state index in [2.05, 4.69) is 50.9 Å². The van der Waals surface area contributed by atoms with E-state index in [1.54, 1.807) is 6.20 Å². The fraction of sp³-hybridized carbons (Fsp3) is 0.357. The van der Waals surface area contributed by atoms with Crippen LogP contribution in [0, 0.1) is 3.57 Å². The number of aromatic amines is 1. The van der Waals surface area contributed by atoms with Gasteiger partial charge in [0.1, 0.15) is 5.82 Å². The van der Waals surface area contributed by atoms with Crippen LogP contribution in [-0.4, -0.2) is 16.5 Å². The molecule has 1 heterocycles. The molecular formula is C14H17ClIN3. The molecule has 1 atom stereocenters. The minimum Gasteiger partial charge on any atom is -0.349 e. The van der Waals surface area contributed by atoms with Crippen molar-refractivity contribution in [2.45, 2.75) is 25.8 Å². The first-order valence-corrected chi connectivity index (χ1v) is 7.83. The van der Waals surface area contributed by atoms with Crippen molar-refractivity contribution in [1.29, 1.82) is 0 Å². The van der Waals surface area contributed by atoms with Crippen LogP contribution < -0.4 is 5.32 Å². The highest BCUT2D eigenvalue weighted by Gasteiger charge is 2.16. The molecule has 0 bridgehead atoms. The Hall–Kier alpha value is -0.590. The normalized spacial score (nSPS) is 12.6. The van der Waals surface area contributed by atoms with Crippen molar-refractivity contribution in [2.24, 2.45) is 0 Å². The van der Waals surface area contributed by atoms with Crippen molar-refractivity contribution >= 4 is 34.2 Å². The maximum atomic E-state index is 6.12. The zero-order valence-corrected chi connectivity index (χ0v) is 13.7. The first-order chi connectivity index (χ1) is 9.20. The number of nitrogens with zero attached hydrogens (tertiary/aromatic N) is 1. The van der Waals surface area contributed by atoms with Crippen LogP contribution in [-0.2, 0) is 6.42 Å². The Morgan fingerprint density at radius 2 is 2.32 bits per heavy atom. The molecule has 2 N–H and O–H groups in total. The molecule has 2 aromatic rings. The SMILES string of the molecule is CCCNC(Cc1ncc[nH]1)c1cc(Cl)ccc1I. The second kappa shape index (κ2) is 7.26. The van der Waals surface area contributed by atoms with Crippen LogP contribution in [0.5, 0.6) is 0 Å². The Labute approximate surface area is 132 Å². The minimum atomic E-state index is 0.233. The Morgan fingerprint density at radius 3 is 3.00 bits per heavy atom. The number of rotatable bonds is 6. The summed E-state index contributed by atoms with van der Waals surface area (Å²) in [5, 5.41) is 4.34. The summed E-state index contributed by atoms with van der Waals surface area (Å²) in [6, 6.07) is 6.26. The first-order valence-electron chi connectivity index (χ1n) is 6.37. The molecule has 3 nitrogen and oxygen atoms in total. The van der Waals surface area contributed by atoms with E-state index in [0.29, 0.717) is 0 Å². The highest BCUT2D eigenvalue weighted by Crippen LogP contribution is 2.26. The maximum absolute atomic E-state index is 6.12. The smallest absolute Gasteiger partial charge is 0.107 e. The number of aromatic nitrogens is 2. The van der Waals surface area contributed by atoms with Gasteiger partial charge in [0.05, 0.1) is 0 Å². The summed E-state index contributed by atoms with van der Waals surface area (Å²) >= 11 is 8.48. The highest BCUT2D eigenvalue weighted by atomic mass is 127. The standard InChI is InChI=1S/C14H17ClIN3/c1-2-5-17-13(9-14-18-6-7-19-14)11-8-10(15)3-4-12(11)16/h3-4,6-8,13,17H,2,5,9H2,1H3,(H,18,19). The van der Waals surface area contributed by atoms with Crippen molar-refractivity contribution in [3.8, 4) is 0 Å². The molecule has 1 aromatic heterocycles. The number of nitrogens with one attached hydrogen (secondary N) is 2. The summed E-state index contributed by atoms with van der Waals surface area (Å²) in [6.07, 6.45) is 5.58. The summed E-state index contributed by atoms with van der Waals surface area (Å²) in [7, 11) is 0. The third kappa shape index (κ3) is 4.19. The van der Waals surface area contributed by atoms with E-state index < -0.39 is 0 Å².